The molecule has 72 valence electrons. The van der Waals surface area contributed by atoms with Gasteiger partial charge in [0.1, 0.15) is 0 Å². The zero-order valence-corrected chi connectivity index (χ0v) is 9.02. The number of nitrogens with one attached hydrogen (secondary N) is 1. The normalized spacial score (nSPS) is 36.8. The van der Waals surface area contributed by atoms with Crippen molar-refractivity contribution in [1.82, 2.24) is 10.2 Å². The van der Waals surface area contributed by atoms with E-state index in [1.54, 1.807) is 0 Å². The summed E-state index contributed by atoms with van der Waals surface area (Å²) in [5.41, 5.74) is 0.404. The molecule has 1 N–H and O–H groups in total. The standard InChI is InChI=1S/C10H22N2/c1-8-6-12(5)7-10(2,3)9(8)11-4/h8-9,11H,6-7H2,1-5H3/t8-,9+/m1/s1. The number of rotatable bonds is 1. The highest BCUT2D eigenvalue weighted by atomic mass is 15.1. The van der Waals surface area contributed by atoms with Crippen LogP contribution in [-0.4, -0.2) is 38.1 Å². The van der Waals surface area contributed by atoms with E-state index in [1.807, 2.05) is 0 Å². The van der Waals surface area contributed by atoms with E-state index in [2.05, 4.69) is 45.1 Å². The summed E-state index contributed by atoms with van der Waals surface area (Å²) in [7, 11) is 4.29. The van der Waals surface area contributed by atoms with Crippen LogP contribution in [0.5, 0.6) is 0 Å². The Labute approximate surface area is 76.3 Å². The molecule has 2 nitrogen and oxygen atoms in total. The number of hydrogen-bond acceptors (Lipinski definition) is 2. The van der Waals surface area contributed by atoms with E-state index in [4.69, 9.17) is 0 Å². The summed E-state index contributed by atoms with van der Waals surface area (Å²) in [6.45, 7) is 9.44. The van der Waals surface area contributed by atoms with Crippen molar-refractivity contribution in [3.8, 4) is 0 Å². The van der Waals surface area contributed by atoms with Gasteiger partial charge in [0.2, 0.25) is 0 Å². The molecule has 2 heteroatoms. The van der Waals surface area contributed by atoms with Gasteiger partial charge in [-0.05, 0) is 25.4 Å². The Bertz CT molecular complexity index is 154. The number of piperidine rings is 1. The zero-order chi connectivity index (χ0) is 9.35. The highest BCUT2D eigenvalue weighted by molar-refractivity contribution is 4.93. The van der Waals surface area contributed by atoms with E-state index in [9.17, 15) is 0 Å². The van der Waals surface area contributed by atoms with Crippen LogP contribution in [0.1, 0.15) is 20.8 Å². The number of nitrogens with zero attached hydrogens (tertiary/aromatic N) is 1. The minimum Gasteiger partial charge on any atom is -0.316 e. The number of hydrogen-bond donors (Lipinski definition) is 1. The van der Waals surface area contributed by atoms with E-state index in [-0.39, 0.29) is 0 Å². The maximum absolute atomic E-state index is 3.44. The molecule has 1 rings (SSSR count). The van der Waals surface area contributed by atoms with Crippen LogP contribution < -0.4 is 5.32 Å². The molecule has 0 aromatic rings. The Balaban J connectivity index is 2.71. The molecule has 12 heavy (non-hydrogen) atoms. The van der Waals surface area contributed by atoms with Crippen molar-refractivity contribution in [3.63, 3.8) is 0 Å². The largest absolute Gasteiger partial charge is 0.316 e. The summed E-state index contributed by atoms with van der Waals surface area (Å²) in [5, 5.41) is 3.44. The van der Waals surface area contributed by atoms with Gasteiger partial charge in [0, 0.05) is 19.1 Å². The van der Waals surface area contributed by atoms with Crippen LogP contribution in [0.15, 0.2) is 0 Å². The lowest BCUT2D eigenvalue weighted by molar-refractivity contribution is 0.0581. The first kappa shape index (κ1) is 10.0. The molecule has 0 spiro atoms. The van der Waals surface area contributed by atoms with Gasteiger partial charge >= 0.3 is 0 Å². The maximum atomic E-state index is 3.44. The van der Waals surface area contributed by atoms with Gasteiger partial charge in [0.25, 0.3) is 0 Å². The minimum atomic E-state index is 0.404. The summed E-state index contributed by atoms with van der Waals surface area (Å²) < 4.78 is 0. The van der Waals surface area contributed by atoms with Crippen molar-refractivity contribution in [2.75, 3.05) is 27.2 Å². The molecule has 2 atom stereocenters. The molecule has 1 fully saturated rings. The summed E-state index contributed by atoms with van der Waals surface area (Å²) in [6, 6.07) is 0.661. The van der Waals surface area contributed by atoms with Crippen LogP contribution >= 0.6 is 0 Å². The van der Waals surface area contributed by atoms with Gasteiger partial charge in [0.05, 0.1) is 0 Å². The SMILES string of the molecule is CN[C@H]1[C@H](C)CN(C)CC1(C)C. The maximum Gasteiger partial charge on any atom is 0.0165 e. The lowest BCUT2D eigenvalue weighted by atomic mass is 9.74. The molecule has 0 amide bonds. The van der Waals surface area contributed by atoms with Crippen LogP contribution in [0.4, 0.5) is 0 Å². The predicted octanol–water partition coefficient (Wildman–Crippen LogP) is 1.18. The fraction of sp³-hybridized carbons (Fsp3) is 1.00. The van der Waals surface area contributed by atoms with Crippen LogP contribution in [0.2, 0.25) is 0 Å². The van der Waals surface area contributed by atoms with Crippen molar-refractivity contribution in [2.24, 2.45) is 11.3 Å². The molecular formula is C10H22N2. The molecule has 1 saturated heterocycles. The molecule has 0 saturated carbocycles. The van der Waals surface area contributed by atoms with Crippen molar-refractivity contribution < 1.29 is 0 Å². The zero-order valence-electron chi connectivity index (χ0n) is 9.02. The topological polar surface area (TPSA) is 15.3 Å². The van der Waals surface area contributed by atoms with Crippen molar-refractivity contribution >= 4 is 0 Å². The van der Waals surface area contributed by atoms with Crippen LogP contribution in [0.25, 0.3) is 0 Å². The Morgan fingerprint density at radius 3 is 2.42 bits per heavy atom. The van der Waals surface area contributed by atoms with Crippen LogP contribution in [-0.2, 0) is 0 Å². The molecule has 0 radical (unpaired) electrons. The summed E-state index contributed by atoms with van der Waals surface area (Å²) in [5.74, 6) is 0.753. The Kier molecular flexibility index (Phi) is 2.79. The van der Waals surface area contributed by atoms with E-state index in [0.717, 1.165) is 5.92 Å². The second kappa shape index (κ2) is 3.35. The Morgan fingerprint density at radius 2 is 2.00 bits per heavy atom. The monoisotopic (exact) mass is 170 g/mol. The molecular weight excluding hydrogens is 148 g/mol. The first-order chi connectivity index (χ1) is 5.47. The fourth-order valence-corrected chi connectivity index (χ4v) is 2.90. The smallest absolute Gasteiger partial charge is 0.0165 e. The second-order valence-electron chi connectivity index (χ2n) is 4.93. The van der Waals surface area contributed by atoms with Gasteiger partial charge in [-0.1, -0.05) is 20.8 Å². The molecule has 0 aromatic heterocycles. The summed E-state index contributed by atoms with van der Waals surface area (Å²) >= 11 is 0. The molecule has 1 aliphatic heterocycles. The van der Waals surface area contributed by atoms with Crippen molar-refractivity contribution in [1.29, 1.82) is 0 Å². The second-order valence-corrected chi connectivity index (χ2v) is 4.93. The van der Waals surface area contributed by atoms with Gasteiger partial charge in [-0.15, -0.1) is 0 Å². The van der Waals surface area contributed by atoms with Gasteiger partial charge in [-0.25, -0.2) is 0 Å². The van der Waals surface area contributed by atoms with Crippen molar-refractivity contribution in [2.45, 2.75) is 26.8 Å². The van der Waals surface area contributed by atoms with Gasteiger partial charge in [-0.2, -0.15) is 0 Å². The van der Waals surface area contributed by atoms with E-state index >= 15 is 0 Å². The molecule has 0 bridgehead atoms. The third-order valence-corrected chi connectivity index (χ3v) is 3.00. The van der Waals surface area contributed by atoms with Gasteiger partial charge < -0.3 is 10.2 Å². The number of likely N-dealkylation sites (tertiary alicyclic amines) is 1. The lowest BCUT2D eigenvalue weighted by Crippen LogP contribution is -2.56. The average Bonchev–Trinajstić information content (AvgIpc) is 1.82. The highest BCUT2D eigenvalue weighted by Gasteiger charge is 2.37. The van der Waals surface area contributed by atoms with Crippen molar-refractivity contribution in [3.05, 3.63) is 0 Å². The molecule has 0 aliphatic carbocycles. The van der Waals surface area contributed by atoms with E-state index in [1.165, 1.54) is 13.1 Å². The fourth-order valence-electron chi connectivity index (χ4n) is 2.90. The molecule has 0 unspecified atom stereocenters. The third-order valence-electron chi connectivity index (χ3n) is 3.00. The first-order valence-electron chi connectivity index (χ1n) is 4.83. The minimum absolute atomic E-state index is 0.404. The van der Waals surface area contributed by atoms with Crippen LogP contribution in [0, 0.1) is 11.3 Å². The summed E-state index contributed by atoms with van der Waals surface area (Å²) in [4.78, 5) is 2.43. The van der Waals surface area contributed by atoms with Crippen LogP contribution in [0.3, 0.4) is 0 Å². The molecule has 0 aromatic carbocycles. The first-order valence-corrected chi connectivity index (χ1v) is 4.83. The lowest BCUT2D eigenvalue weighted by Gasteiger charge is -2.46. The molecule has 1 heterocycles. The molecule has 1 aliphatic rings. The van der Waals surface area contributed by atoms with Gasteiger partial charge in [0.15, 0.2) is 0 Å². The Hall–Kier alpha value is -0.0800. The Morgan fingerprint density at radius 1 is 1.42 bits per heavy atom. The average molecular weight is 170 g/mol. The highest BCUT2D eigenvalue weighted by Crippen LogP contribution is 2.31. The third kappa shape index (κ3) is 1.80. The van der Waals surface area contributed by atoms with E-state index < -0.39 is 0 Å². The predicted molar refractivity (Wildman–Crippen MR) is 53.3 cm³/mol. The van der Waals surface area contributed by atoms with E-state index in [0.29, 0.717) is 11.5 Å². The van der Waals surface area contributed by atoms with Gasteiger partial charge in [-0.3, -0.25) is 0 Å². The quantitative estimate of drug-likeness (QED) is 0.636. The summed E-state index contributed by atoms with van der Waals surface area (Å²) in [6.07, 6.45) is 0.